The van der Waals surface area contributed by atoms with E-state index in [0.717, 1.165) is 31.8 Å². The Morgan fingerprint density at radius 1 is 0.873 bits per heavy atom. The standard InChI is InChI=1S/C58H99N3O18/c1-17-43-41(31-71-57-54(70-16)53(69-15)49(66)37(8)72-57)27-33(4)18-19-42(63)34(5)28-40(20-21-61-24-22-60(14)23-25-61)51(36(7)44(74-39(10)62)30-46(65)75-43)78-56-50(67)48(59(12)13)52(38(9)73-56)77-47-29-35(6)55(58(11,68)79-47)76-45(64)26-32(2)3/h18-19,27,32,34-38,40-41,43-44,47-57,66-68H,17,20-26,28-31H2,1-16H3/b19-18+,33-27+/t34-,35-,36?,37-,38-,40+,41-,43-,44-,47+,48-,49-,50-,51-,52-,53-,54-,55+,56?,57-,58-/m1/s1. The van der Waals surface area contributed by atoms with Crippen LogP contribution in [-0.2, 0) is 71.3 Å². The van der Waals surface area contributed by atoms with Crippen molar-refractivity contribution >= 4 is 23.7 Å². The molecule has 3 N–H and O–H groups in total. The lowest BCUT2D eigenvalue weighted by Gasteiger charge is -2.50. The van der Waals surface area contributed by atoms with E-state index in [1.165, 1.54) is 28.1 Å². The first kappa shape index (κ1) is 66.8. The van der Waals surface area contributed by atoms with Gasteiger partial charge in [-0.2, -0.15) is 0 Å². The average Bonchev–Trinajstić information content (AvgIpc) is 3.41. The molecule has 0 radical (unpaired) electrons. The molecule has 0 aromatic rings. The van der Waals surface area contributed by atoms with E-state index in [9.17, 15) is 34.5 Å². The van der Waals surface area contributed by atoms with Gasteiger partial charge < -0.3 is 82.1 Å². The van der Waals surface area contributed by atoms with Gasteiger partial charge in [-0.3, -0.25) is 19.2 Å². The highest BCUT2D eigenvalue weighted by Gasteiger charge is 2.53. The van der Waals surface area contributed by atoms with Crippen LogP contribution in [0.3, 0.4) is 0 Å². The maximum Gasteiger partial charge on any atom is 0.309 e. The van der Waals surface area contributed by atoms with Crippen molar-refractivity contribution in [2.45, 2.75) is 213 Å². The first-order chi connectivity index (χ1) is 37.2. The van der Waals surface area contributed by atoms with E-state index in [1.54, 1.807) is 40.1 Å². The number of allylic oxidation sites excluding steroid dienone is 3. The summed E-state index contributed by atoms with van der Waals surface area (Å²) in [5.74, 6) is -6.21. The third-order valence-electron chi connectivity index (χ3n) is 16.5. The zero-order valence-electron chi connectivity index (χ0n) is 50.1. The molecule has 2 unspecified atom stereocenters. The van der Waals surface area contributed by atoms with Crippen LogP contribution in [0.2, 0.25) is 0 Å². The number of carbonyl (C=O) groups is 4. The van der Waals surface area contributed by atoms with Gasteiger partial charge in [-0.05, 0) is 92.6 Å². The van der Waals surface area contributed by atoms with Crippen LogP contribution in [0.25, 0.3) is 0 Å². The lowest BCUT2D eigenvalue weighted by atomic mass is 9.79. The molecule has 4 saturated heterocycles. The third-order valence-corrected chi connectivity index (χ3v) is 16.5. The molecule has 0 amide bonds. The minimum absolute atomic E-state index is 0.00841. The lowest BCUT2D eigenvalue weighted by molar-refractivity contribution is -0.378. The Bertz CT molecular complexity index is 2000. The summed E-state index contributed by atoms with van der Waals surface area (Å²) < 4.78 is 68.4. The Kier molecular flexibility index (Phi) is 25.8. The van der Waals surface area contributed by atoms with Gasteiger partial charge in [0.1, 0.15) is 42.7 Å². The van der Waals surface area contributed by atoms with Crippen molar-refractivity contribution in [2.75, 3.05) is 74.7 Å². The number of likely N-dealkylation sites (N-methyl/N-ethyl adjacent to an activating group) is 2. The number of aliphatic hydroxyl groups excluding tert-OH is 2. The second kappa shape index (κ2) is 30.5. The molecule has 454 valence electrons. The maximum absolute atomic E-state index is 14.5. The van der Waals surface area contributed by atoms with Gasteiger partial charge in [-0.15, -0.1) is 0 Å². The van der Waals surface area contributed by atoms with Crippen LogP contribution in [-0.4, -0.2) is 226 Å². The molecule has 0 aromatic carbocycles. The van der Waals surface area contributed by atoms with E-state index in [-0.39, 0.29) is 43.5 Å². The Morgan fingerprint density at radius 2 is 1.53 bits per heavy atom. The molecule has 0 spiro atoms. The maximum atomic E-state index is 14.5. The van der Waals surface area contributed by atoms with Gasteiger partial charge in [0.2, 0.25) is 5.79 Å². The average molecular weight is 1130 g/mol. The first-order valence-electron chi connectivity index (χ1n) is 28.8. The largest absolute Gasteiger partial charge is 0.462 e. The van der Waals surface area contributed by atoms with Gasteiger partial charge >= 0.3 is 17.9 Å². The molecule has 5 heterocycles. The summed E-state index contributed by atoms with van der Waals surface area (Å²) in [5, 5.41) is 34.9. The number of ether oxygens (including phenoxy) is 11. The number of rotatable bonds is 18. The molecule has 21 heteroatoms. The van der Waals surface area contributed by atoms with Gasteiger partial charge in [0.05, 0.1) is 37.4 Å². The number of nitrogens with zero attached hydrogens (tertiary/aromatic N) is 3. The Balaban J connectivity index is 1.49. The Morgan fingerprint density at radius 3 is 2.13 bits per heavy atom. The molecular weight excluding hydrogens is 1030 g/mol. The lowest BCUT2D eigenvalue weighted by Crippen LogP contribution is -2.65. The zero-order valence-corrected chi connectivity index (χ0v) is 50.1. The van der Waals surface area contributed by atoms with Crippen LogP contribution in [0.15, 0.2) is 23.8 Å². The molecule has 4 fully saturated rings. The normalized spacial score (nSPS) is 41.1. The van der Waals surface area contributed by atoms with E-state index in [1.807, 2.05) is 59.4 Å². The van der Waals surface area contributed by atoms with E-state index < -0.39 is 139 Å². The summed E-state index contributed by atoms with van der Waals surface area (Å²) in [6.45, 7) is 23.5. The molecular formula is C58H99N3O18. The molecule has 5 aliphatic heterocycles. The fraction of sp³-hybridized carbons (Fsp3) is 0.862. The van der Waals surface area contributed by atoms with Crippen molar-refractivity contribution in [1.29, 1.82) is 0 Å². The molecule has 0 saturated carbocycles. The minimum Gasteiger partial charge on any atom is -0.462 e. The second-order valence-electron chi connectivity index (χ2n) is 23.9. The van der Waals surface area contributed by atoms with Crippen LogP contribution in [0.5, 0.6) is 0 Å². The van der Waals surface area contributed by atoms with Crippen LogP contribution < -0.4 is 0 Å². The number of piperazine rings is 1. The van der Waals surface area contributed by atoms with Crippen molar-refractivity contribution in [3.05, 3.63) is 23.8 Å². The number of cyclic esters (lactones) is 1. The van der Waals surface area contributed by atoms with Crippen molar-refractivity contribution in [2.24, 2.45) is 35.5 Å². The highest BCUT2D eigenvalue weighted by Crippen LogP contribution is 2.40. The third kappa shape index (κ3) is 18.5. The topological polar surface area (TPSA) is 240 Å². The van der Waals surface area contributed by atoms with Crippen LogP contribution >= 0.6 is 0 Å². The summed E-state index contributed by atoms with van der Waals surface area (Å²) in [4.78, 5) is 61.2. The van der Waals surface area contributed by atoms with Crippen molar-refractivity contribution in [1.82, 2.24) is 14.7 Å². The van der Waals surface area contributed by atoms with Gasteiger partial charge in [-0.25, -0.2) is 0 Å². The fourth-order valence-corrected chi connectivity index (χ4v) is 12.0. The molecule has 0 aromatic heterocycles. The fourth-order valence-electron chi connectivity index (χ4n) is 12.0. The summed E-state index contributed by atoms with van der Waals surface area (Å²) in [5.41, 5.74) is 0.721. The van der Waals surface area contributed by atoms with E-state index in [4.69, 9.17) is 52.1 Å². The van der Waals surface area contributed by atoms with Crippen LogP contribution in [0, 0.1) is 35.5 Å². The number of hydrogen-bond acceptors (Lipinski definition) is 21. The molecule has 21 nitrogen and oxygen atoms in total. The monoisotopic (exact) mass is 1130 g/mol. The summed E-state index contributed by atoms with van der Waals surface area (Å²) in [6.07, 6.45) is -6.32. The summed E-state index contributed by atoms with van der Waals surface area (Å²) >= 11 is 0. The predicted molar refractivity (Wildman–Crippen MR) is 291 cm³/mol. The number of hydrogen-bond donors (Lipinski definition) is 3. The molecule has 0 aliphatic carbocycles. The van der Waals surface area contributed by atoms with Crippen molar-refractivity contribution in [3.63, 3.8) is 0 Å². The van der Waals surface area contributed by atoms with E-state index in [2.05, 4.69) is 16.8 Å². The smallest absolute Gasteiger partial charge is 0.309 e. The Hall–Kier alpha value is -3.00. The number of ketones is 1. The number of methoxy groups -OCH3 is 2. The van der Waals surface area contributed by atoms with Gasteiger partial charge in [0.15, 0.2) is 30.8 Å². The van der Waals surface area contributed by atoms with Gasteiger partial charge in [0.25, 0.3) is 0 Å². The Labute approximate surface area is 470 Å². The summed E-state index contributed by atoms with van der Waals surface area (Å²) in [6, 6.07) is -0.755. The van der Waals surface area contributed by atoms with Crippen LogP contribution in [0.1, 0.15) is 115 Å². The molecule has 21 atom stereocenters. The van der Waals surface area contributed by atoms with Crippen LogP contribution in [0.4, 0.5) is 0 Å². The second-order valence-corrected chi connectivity index (χ2v) is 23.9. The first-order valence-corrected chi connectivity index (χ1v) is 28.8. The van der Waals surface area contributed by atoms with Gasteiger partial charge in [0, 0.05) is 83.8 Å². The number of esters is 3. The highest BCUT2D eigenvalue weighted by atomic mass is 16.8. The summed E-state index contributed by atoms with van der Waals surface area (Å²) in [7, 11) is 8.66. The quantitative estimate of drug-likeness (QED) is 0.128. The van der Waals surface area contributed by atoms with Crippen molar-refractivity contribution in [3.8, 4) is 0 Å². The minimum atomic E-state index is -1.88. The molecule has 5 aliphatic rings. The van der Waals surface area contributed by atoms with E-state index in [0.29, 0.717) is 25.8 Å². The van der Waals surface area contributed by atoms with E-state index >= 15 is 0 Å². The number of aliphatic hydroxyl groups is 3. The molecule has 0 bridgehead atoms. The highest BCUT2D eigenvalue weighted by molar-refractivity contribution is 5.91. The SMILES string of the molecule is CC[C@H]1OC(=O)C[C@@H](OC(C)=O)C(C)[C@@H](OC2O[C@H](C)[C@@H](O[C@@H]3C[C@@H](C)[C@H](OC(=O)CC(C)C)[C@](C)(O)O3)[C@H](N(C)C)[C@H]2O)[C@@H](CCN2CCN(C)CC2)C[C@@H](C)C(=O)/C=C/C(C)=C/[C@@H]1CO[C@@H]1O[C@H](C)[C@@H](O)[C@@H](OC)[C@H]1OC. The number of carbonyl (C=O) groups excluding carboxylic acids is 4. The molecule has 5 rings (SSSR count). The zero-order chi connectivity index (χ0) is 58.6. The van der Waals surface area contributed by atoms with Gasteiger partial charge in [-0.1, -0.05) is 59.3 Å². The van der Waals surface area contributed by atoms with Crippen molar-refractivity contribution < 1.29 is 86.6 Å². The predicted octanol–water partition coefficient (Wildman–Crippen LogP) is 4.25. The molecule has 79 heavy (non-hydrogen) atoms.